The van der Waals surface area contributed by atoms with E-state index in [9.17, 15) is 4.79 Å². The van der Waals surface area contributed by atoms with E-state index in [4.69, 9.17) is 0 Å². The van der Waals surface area contributed by atoms with Gasteiger partial charge in [-0.3, -0.25) is 9.89 Å². The number of aromatic nitrogens is 5. The fourth-order valence-electron chi connectivity index (χ4n) is 2.98. The Bertz CT molecular complexity index is 684. The Morgan fingerprint density at radius 3 is 3.09 bits per heavy atom. The number of hydrogen-bond acceptors (Lipinski definition) is 4. The molecule has 0 aromatic carbocycles. The molecular weight excluding hydrogens is 280 g/mol. The first-order valence-electron chi connectivity index (χ1n) is 8.06. The first-order chi connectivity index (χ1) is 10.8. The molecule has 1 aliphatic heterocycles. The van der Waals surface area contributed by atoms with Gasteiger partial charge in [-0.05, 0) is 31.7 Å². The van der Waals surface area contributed by atoms with Crippen LogP contribution in [-0.2, 0) is 19.5 Å². The molecule has 3 heterocycles. The average Bonchev–Trinajstić information content (AvgIpc) is 3.21. The van der Waals surface area contributed by atoms with Crippen LogP contribution in [0.5, 0.6) is 0 Å². The lowest BCUT2D eigenvalue weighted by Crippen LogP contribution is -2.25. The van der Waals surface area contributed by atoms with Crippen molar-refractivity contribution in [1.82, 2.24) is 30.3 Å². The van der Waals surface area contributed by atoms with Crippen molar-refractivity contribution < 1.29 is 4.79 Å². The maximum absolute atomic E-state index is 12.2. The van der Waals surface area contributed by atoms with Crippen LogP contribution < -0.4 is 5.32 Å². The van der Waals surface area contributed by atoms with Crippen LogP contribution >= 0.6 is 0 Å². The summed E-state index contributed by atoms with van der Waals surface area (Å²) in [5, 5.41) is 18.4. The van der Waals surface area contributed by atoms with Gasteiger partial charge in [0.2, 0.25) is 0 Å². The second-order valence-corrected chi connectivity index (χ2v) is 6.16. The predicted octanol–water partition coefficient (Wildman–Crippen LogP) is 1.53. The number of nitrogens with zero attached hydrogens (tertiary/aromatic N) is 4. The van der Waals surface area contributed by atoms with Gasteiger partial charge in [-0.1, -0.05) is 6.42 Å². The molecule has 2 aliphatic rings. The summed E-state index contributed by atoms with van der Waals surface area (Å²) in [6, 6.07) is 1.86. The number of nitrogens with one attached hydrogen (secondary N) is 2. The number of hydrogen-bond donors (Lipinski definition) is 2. The van der Waals surface area contributed by atoms with E-state index >= 15 is 0 Å². The Hall–Kier alpha value is -2.18. The van der Waals surface area contributed by atoms with Crippen molar-refractivity contribution in [3.8, 4) is 0 Å². The van der Waals surface area contributed by atoms with Gasteiger partial charge < -0.3 is 9.88 Å². The minimum atomic E-state index is -0.158. The number of carbonyl (C=O) groups is 1. The zero-order valence-corrected chi connectivity index (χ0v) is 12.5. The number of amides is 1. The zero-order chi connectivity index (χ0) is 14.9. The van der Waals surface area contributed by atoms with Crippen molar-refractivity contribution in [2.75, 3.05) is 0 Å². The van der Waals surface area contributed by atoms with Gasteiger partial charge in [0.05, 0.1) is 6.54 Å². The number of fused-ring (bicyclic) bond motifs is 1. The lowest BCUT2D eigenvalue weighted by Gasteiger charge is -2.07. The highest BCUT2D eigenvalue weighted by Gasteiger charge is 2.26. The summed E-state index contributed by atoms with van der Waals surface area (Å²) in [6.45, 7) is 1.35. The molecule has 0 unspecified atom stereocenters. The van der Waals surface area contributed by atoms with E-state index in [0.29, 0.717) is 18.2 Å². The van der Waals surface area contributed by atoms with Crippen LogP contribution in [0.3, 0.4) is 0 Å². The molecular formula is C15H20N6O. The van der Waals surface area contributed by atoms with E-state index in [1.165, 1.54) is 25.7 Å². The third kappa shape index (κ3) is 2.63. The molecule has 116 valence electrons. The Morgan fingerprint density at radius 1 is 1.32 bits per heavy atom. The van der Waals surface area contributed by atoms with E-state index in [2.05, 4.69) is 30.3 Å². The highest BCUT2D eigenvalue weighted by atomic mass is 16.1. The van der Waals surface area contributed by atoms with Crippen LogP contribution in [0.25, 0.3) is 0 Å². The van der Waals surface area contributed by atoms with Crippen molar-refractivity contribution in [3.05, 3.63) is 29.1 Å². The number of H-pyrrole nitrogens is 1. The molecule has 1 aliphatic carbocycles. The normalized spacial score (nSPS) is 17.8. The first-order valence-corrected chi connectivity index (χ1v) is 8.06. The Labute approximate surface area is 128 Å². The average molecular weight is 300 g/mol. The topological polar surface area (TPSA) is 88.5 Å². The highest BCUT2D eigenvalue weighted by molar-refractivity contribution is 5.92. The standard InChI is InChI=1S/C15H20N6O/c22-15(12-8-11(17-18-12)10-5-6-10)16-9-14-20-19-13-4-2-1-3-7-21(13)14/h8,10H,1-7,9H2,(H,16,22)(H,17,18). The Kier molecular flexibility index (Phi) is 3.40. The fraction of sp³-hybridized carbons (Fsp3) is 0.600. The Balaban J connectivity index is 1.41. The van der Waals surface area contributed by atoms with Gasteiger partial charge in [-0.25, -0.2) is 0 Å². The fourth-order valence-corrected chi connectivity index (χ4v) is 2.98. The van der Waals surface area contributed by atoms with Crippen molar-refractivity contribution in [1.29, 1.82) is 0 Å². The van der Waals surface area contributed by atoms with Crippen LogP contribution in [0.4, 0.5) is 0 Å². The maximum Gasteiger partial charge on any atom is 0.272 e. The van der Waals surface area contributed by atoms with E-state index in [1.807, 2.05) is 6.07 Å². The molecule has 0 radical (unpaired) electrons. The molecule has 1 fully saturated rings. The maximum atomic E-state index is 12.2. The quantitative estimate of drug-likeness (QED) is 0.896. The number of aryl methyl sites for hydroxylation is 1. The molecule has 2 aromatic heterocycles. The number of rotatable bonds is 4. The van der Waals surface area contributed by atoms with Crippen molar-refractivity contribution in [2.45, 2.75) is 57.5 Å². The van der Waals surface area contributed by atoms with Crippen LogP contribution in [-0.4, -0.2) is 30.9 Å². The number of carbonyl (C=O) groups excluding carboxylic acids is 1. The Morgan fingerprint density at radius 2 is 2.23 bits per heavy atom. The first kappa shape index (κ1) is 13.5. The summed E-state index contributed by atoms with van der Waals surface area (Å²) in [7, 11) is 0. The third-order valence-corrected chi connectivity index (χ3v) is 4.44. The summed E-state index contributed by atoms with van der Waals surface area (Å²) in [5.41, 5.74) is 1.53. The van der Waals surface area contributed by atoms with Gasteiger partial charge in [0.15, 0.2) is 5.82 Å². The molecule has 22 heavy (non-hydrogen) atoms. The minimum Gasteiger partial charge on any atom is -0.343 e. The lowest BCUT2D eigenvalue weighted by atomic mass is 10.2. The summed E-state index contributed by atoms with van der Waals surface area (Å²) in [5.74, 6) is 2.29. The van der Waals surface area contributed by atoms with Gasteiger partial charge in [-0.2, -0.15) is 5.10 Å². The van der Waals surface area contributed by atoms with Gasteiger partial charge in [-0.15, -0.1) is 10.2 Å². The van der Waals surface area contributed by atoms with E-state index in [1.54, 1.807) is 0 Å². The predicted molar refractivity (Wildman–Crippen MR) is 79.3 cm³/mol. The third-order valence-electron chi connectivity index (χ3n) is 4.44. The van der Waals surface area contributed by atoms with Crippen molar-refractivity contribution in [3.63, 3.8) is 0 Å². The summed E-state index contributed by atoms with van der Waals surface area (Å²) in [6.07, 6.45) is 6.90. The van der Waals surface area contributed by atoms with Crippen LogP contribution in [0.15, 0.2) is 6.07 Å². The summed E-state index contributed by atoms with van der Waals surface area (Å²) in [4.78, 5) is 12.2. The van der Waals surface area contributed by atoms with Crippen LogP contribution in [0.2, 0.25) is 0 Å². The van der Waals surface area contributed by atoms with Crippen LogP contribution in [0.1, 0.15) is 65.9 Å². The molecule has 2 N–H and O–H groups in total. The highest BCUT2D eigenvalue weighted by Crippen LogP contribution is 2.38. The van der Waals surface area contributed by atoms with Gasteiger partial charge in [0, 0.05) is 24.6 Å². The SMILES string of the molecule is O=C(NCc1nnc2n1CCCCC2)c1cc(C2CC2)[nH]n1. The molecule has 1 amide bonds. The van der Waals surface area contributed by atoms with Crippen molar-refractivity contribution in [2.24, 2.45) is 0 Å². The van der Waals surface area contributed by atoms with E-state index in [-0.39, 0.29) is 5.91 Å². The molecule has 4 rings (SSSR count). The zero-order valence-electron chi connectivity index (χ0n) is 12.5. The molecule has 7 nitrogen and oxygen atoms in total. The molecule has 0 spiro atoms. The smallest absolute Gasteiger partial charge is 0.272 e. The lowest BCUT2D eigenvalue weighted by molar-refractivity contribution is 0.0944. The van der Waals surface area contributed by atoms with Crippen molar-refractivity contribution >= 4 is 5.91 Å². The summed E-state index contributed by atoms with van der Waals surface area (Å²) < 4.78 is 2.15. The molecule has 1 saturated carbocycles. The van der Waals surface area contributed by atoms with Crippen LogP contribution in [0, 0.1) is 0 Å². The van der Waals surface area contributed by atoms with E-state index in [0.717, 1.165) is 36.7 Å². The minimum absolute atomic E-state index is 0.158. The second-order valence-electron chi connectivity index (χ2n) is 6.16. The molecule has 0 bridgehead atoms. The molecule has 0 atom stereocenters. The second kappa shape index (κ2) is 5.55. The monoisotopic (exact) mass is 300 g/mol. The largest absolute Gasteiger partial charge is 0.343 e. The molecule has 7 heteroatoms. The molecule has 2 aromatic rings. The van der Waals surface area contributed by atoms with E-state index < -0.39 is 0 Å². The van der Waals surface area contributed by atoms with Gasteiger partial charge >= 0.3 is 0 Å². The van der Waals surface area contributed by atoms with Gasteiger partial charge in [0.25, 0.3) is 5.91 Å². The summed E-state index contributed by atoms with van der Waals surface area (Å²) >= 11 is 0. The molecule has 0 saturated heterocycles. The van der Waals surface area contributed by atoms with Gasteiger partial charge in [0.1, 0.15) is 11.5 Å². The number of aromatic amines is 1.